The lowest BCUT2D eigenvalue weighted by molar-refractivity contribution is 0.406. The lowest BCUT2D eigenvalue weighted by Crippen LogP contribution is -2.43. The zero-order valence-electron chi connectivity index (χ0n) is 11.2. The molecule has 1 fully saturated rings. The van der Waals surface area contributed by atoms with Crippen molar-refractivity contribution in [1.29, 1.82) is 0 Å². The van der Waals surface area contributed by atoms with Crippen LogP contribution in [0.1, 0.15) is 26.5 Å². The quantitative estimate of drug-likeness (QED) is 0.847. The van der Waals surface area contributed by atoms with Gasteiger partial charge >= 0.3 is 0 Å². The second-order valence-electron chi connectivity index (χ2n) is 5.96. The monoisotopic (exact) mass is 233 g/mol. The van der Waals surface area contributed by atoms with Crippen LogP contribution in [0, 0.1) is 5.41 Å². The molecular weight excluding hydrogens is 210 g/mol. The van der Waals surface area contributed by atoms with Gasteiger partial charge in [0.1, 0.15) is 5.82 Å². The Hall–Kier alpha value is -1.09. The Labute approximate surface area is 104 Å². The van der Waals surface area contributed by atoms with Crippen LogP contribution in [0.4, 0.5) is 5.82 Å². The maximum atomic E-state index is 4.78. The van der Waals surface area contributed by atoms with Crippen LogP contribution in [0.25, 0.3) is 0 Å². The van der Waals surface area contributed by atoms with Crippen LogP contribution in [0.2, 0.25) is 0 Å². The highest BCUT2D eigenvalue weighted by atomic mass is 15.2. The molecular formula is C14H23N3. The average Bonchev–Trinajstić information content (AvgIpc) is 2.28. The van der Waals surface area contributed by atoms with Gasteiger partial charge in [-0.25, -0.2) is 4.98 Å². The molecule has 0 aliphatic carbocycles. The number of nitrogens with one attached hydrogen (secondary N) is 1. The van der Waals surface area contributed by atoms with Crippen molar-refractivity contribution in [2.45, 2.75) is 27.2 Å². The fraction of sp³-hybridized carbons (Fsp3) is 0.643. The molecule has 1 aromatic rings. The van der Waals surface area contributed by atoms with Gasteiger partial charge in [-0.1, -0.05) is 26.8 Å². The third-order valence-corrected chi connectivity index (χ3v) is 2.94. The van der Waals surface area contributed by atoms with E-state index in [1.54, 1.807) is 0 Å². The van der Waals surface area contributed by atoms with Crippen LogP contribution in [-0.4, -0.2) is 31.2 Å². The van der Waals surface area contributed by atoms with E-state index in [1.807, 2.05) is 0 Å². The fourth-order valence-corrected chi connectivity index (χ4v) is 2.18. The van der Waals surface area contributed by atoms with E-state index in [2.05, 4.69) is 49.2 Å². The first kappa shape index (κ1) is 12.4. The molecule has 0 spiro atoms. The van der Waals surface area contributed by atoms with Crippen molar-refractivity contribution in [2.24, 2.45) is 5.41 Å². The smallest absolute Gasteiger partial charge is 0.128 e. The van der Waals surface area contributed by atoms with Crippen LogP contribution in [-0.2, 0) is 6.42 Å². The third kappa shape index (κ3) is 3.70. The van der Waals surface area contributed by atoms with Crippen LogP contribution < -0.4 is 10.2 Å². The highest BCUT2D eigenvalue weighted by Crippen LogP contribution is 2.21. The normalized spacial score (nSPS) is 17.2. The van der Waals surface area contributed by atoms with Gasteiger partial charge in [-0.2, -0.15) is 0 Å². The number of aromatic nitrogens is 1. The van der Waals surface area contributed by atoms with Crippen molar-refractivity contribution >= 4 is 5.82 Å². The first-order valence-electron chi connectivity index (χ1n) is 6.46. The number of hydrogen-bond acceptors (Lipinski definition) is 3. The minimum absolute atomic E-state index is 0.301. The molecule has 0 amide bonds. The first-order chi connectivity index (χ1) is 8.04. The highest BCUT2D eigenvalue weighted by Gasteiger charge is 2.15. The molecule has 2 heterocycles. The van der Waals surface area contributed by atoms with E-state index in [9.17, 15) is 0 Å². The summed E-state index contributed by atoms with van der Waals surface area (Å²) in [4.78, 5) is 7.14. The molecule has 0 atom stereocenters. The molecule has 17 heavy (non-hydrogen) atoms. The number of rotatable bonds is 2. The van der Waals surface area contributed by atoms with Crippen molar-refractivity contribution in [3.8, 4) is 0 Å². The Kier molecular flexibility index (Phi) is 3.67. The predicted octanol–water partition coefficient (Wildman–Crippen LogP) is 2.08. The Morgan fingerprint density at radius 1 is 1.24 bits per heavy atom. The maximum absolute atomic E-state index is 4.78. The summed E-state index contributed by atoms with van der Waals surface area (Å²) >= 11 is 0. The van der Waals surface area contributed by atoms with E-state index >= 15 is 0 Å². The van der Waals surface area contributed by atoms with E-state index in [0.29, 0.717) is 5.41 Å². The van der Waals surface area contributed by atoms with Crippen molar-refractivity contribution in [1.82, 2.24) is 10.3 Å². The molecule has 1 aliphatic heterocycles. The molecule has 94 valence electrons. The number of hydrogen-bond donors (Lipinski definition) is 1. The van der Waals surface area contributed by atoms with Crippen molar-refractivity contribution in [3.63, 3.8) is 0 Å². The summed E-state index contributed by atoms with van der Waals surface area (Å²) in [6, 6.07) is 6.39. The van der Waals surface area contributed by atoms with Gasteiger partial charge in [0.25, 0.3) is 0 Å². The van der Waals surface area contributed by atoms with Crippen LogP contribution in [0.15, 0.2) is 18.2 Å². The largest absolute Gasteiger partial charge is 0.354 e. The summed E-state index contributed by atoms with van der Waals surface area (Å²) in [5.41, 5.74) is 1.50. The number of pyridine rings is 1. The molecule has 1 aliphatic rings. The lowest BCUT2D eigenvalue weighted by atomic mass is 9.90. The molecule has 0 bridgehead atoms. The fourth-order valence-electron chi connectivity index (χ4n) is 2.18. The van der Waals surface area contributed by atoms with E-state index in [-0.39, 0.29) is 0 Å². The Morgan fingerprint density at radius 3 is 2.59 bits per heavy atom. The minimum Gasteiger partial charge on any atom is -0.354 e. The van der Waals surface area contributed by atoms with Gasteiger partial charge in [0.05, 0.1) is 0 Å². The van der Waals surface area contributed by atoms with Gasteiger partial charge < -0.3 is 10.2 Å². The molecule has 3 nitrogen and oxygen atoms in total. The van der Waals surface area contributed by atoms with Gasteiger partial charge in [0.2, 0.25) is 0 Å². The number of piperazine rings is 1. The van der Waals surface area contributed by atoms with Crippen molar-refractivity contribution in [3.05, 3.63) is 23.9 Å². The summed E-state index contributed by atoms with van der Waals surface area (Å²) in [7, 11) is 0. The summed E-state index contributed by atoms with van der Waals surface area (Å²) in [5, 5.41) is 3.37. The number of anilines is 1. The van der Waals surface area contributed by atoms with E-state index in [1.165, 1.54) is 5.69 Å². The highest BCUT2D eigenvalue weighted by molar-refractivity contribution is 5.40. The Morgan fingerprint density at radius 2 is 1.94 bits per heavy atom. The van der Waals surface area contributed by atoms with Gasteiger partial charge in [-0.15, -0.1) is 0 Å². The average molecular weight is 233 g/mol. The second-order valence-corrected chi connectivity index (χ2v) is 5.96. The zero-order chi connectivity index (χ0) is 12.3. The molecule has 1 saturated heterocycles. The summed E-state index contributed by atoms with van der Waals surface area (Å²) in [5.74, 6) is 1.13. The maximum Gasteiger partial charge on any atom is 0.128 e. The lowest BCUT2D eigenvalue weighted by Gasteiger charge is -2.29. The van der Waals surface area contributed by atoms with Gasteiger partial charge in [-0.3, -0.25) is 0 Å². The van der Waals surface area contributed by atoms with E-state index < -0.39 is 0 Å². The molecule has 0 unspecified atom stereocenters. The second kappa shape index (κ2) is 5.05. The van der Waals surface area contributed by atoms with E-state index in [4.69, 9.17) is 4.98 Å². The minimum atomic E-state index is 0.301. The SMILES string of the molecule is CC(C)(C)Cc1cccc(N2CCNCC2)n1. The molecule has 2 rings (SSSR count). The Bertz CT molecular complexity index is 362. The molecule has 3 heteroatoms. The van der Waals surface area contributed by atoms with Crippen LogP contribution >= 0.6 is 0 Å². The molecule has 1 N–H and O–H groups in total. The predicted molar refractivity (Wildman–Crippen MR) is 72.5 cm³/mol. The Balaban J connectivity index is 2.10. The van der Waals surface area contributed by atoms with Gasteiger partial charge in [0.15, 0.2) is 0 Å². The third-order valence-electron chi connectivity index (χ3n) is 2.94. The summed E-state index contributed by atoms with van der Waals surface area (Å²) < 4.78 is 0. The van der Waals surface area contributed by atoms with Crippen molar-refractivity contribution in [2.75, 3.05) is 31.1 Å². The van der Waals surface area contributed by atoms with Crippen molar-refractivity contribution < 1.29 is 0 Å². The van der Waals surface area contributed by atoms with Crippen LogP contribution in [0.3, 0.4) is 0 Å². The van der Waals surface area contributed by atoms with Crippen LogP contribution in [0.5, 0.6) is 0 Å². The van der Waals surface area contributed by atoms with Gasteiger partial charge in [-0.05, 0) is 24.0 Å². The molecule has 0 saturated carbocycles. The van der Waals surface area contributed by atoms with Gasteiger partial charge in [0, 0.05) is 31.9 Å². The summed E-state index contributed by atoms with van der Waals surface area (Å²) in [6.07, 6.45) is 1.03. The topological polar surface area (TPSA) is 28.2 Å². The zero-order valence-corrected chi connectivity index (χ0v) is 11.2. The van der Waals surface area contributed by atoms with E-state index in [0.717, 1.165) is 38.4 Å². The molecule has 0 radical (unpaired) electrons. The first-order valence-corrected chi connectivity index (χ1v) is 6.46. The standard InChI is InChI=1S/C14H23N3/c1-14(2,3)11-12-5-4-6-13(16-12)17-9-7-15-8-10-17/h4-6,15H,7-11H2,1-3H3. The number of nitrogens with zero attached hydrogens (tertiary/aromatic N) is 2. The summed E-state index contributed by atoms with van der Waals surface area (Å²) in [6.45, 7) is 11.0. The molecule has 0 aromatic carbocycles. The molecule has 1 aromatic heterocycles.